The van der Waals surface area contributed by atoms with E-state index in [1.165, 1.54) is 18.4 Å². The van der Waals surface area contributed by atoms with Crippen molar-refractivity contribution < 1.29 is 4.52 Å². The van der Waals surface area contributed by atoms with Crippen molar-refractivity contribution in [3.05, 3.63) is 47.6 Å². The second kappa shape index (κ2) is 6.15. The average Bonchev–Trinajstić information content (AvgIpc) is 3.21. The van der Waals surface area contributed by atoms with Crippen LogP contribution in [0.3, 0.4) is 0 Å². The Morgan fingerprint density at radius 2 is 2.00 bits per heavy atom. The summed E-state index contributed by atoms with van der Waals surface area (Å²) in [5.41, 5.74) is 6.96. The highest BCUT2D eigenvalue weighted by molar-refractivity contribution is 5.14. The van der Waals surface area contributed by atoms with Crippen LogP contribution >= 0.6 is 0 Å². The van der Waals surface area contributed by atoms with Crippen molar-refractivity contribution in [2.45, 2.75) is 31.8 Å². The number of aromatic nitrogens is 2. The molecule has 0 saturated heterocycles. The van der Waals surface area contributed by atoms with Gasteiger partial charge in [-0.1, -0.05) is 35.5 Å². The molecule has 1 heterocycles. The van der Waals surface area contributed by atoms with E-state index in [4.69, 9.17) is 10.3 Å². The van der Waals surface area contributed by atoms with E-state index in [-0.39, 0.29) is 0 Å². The van der Waals surface area contributed by atoms with E-state index in [9.17, 15) is 0 Å². The third-order valence-corrected chi connectivity index (χ3v) is 3.48. The molecular weight excluding hydrogens is 252 g/mol. The van der Waals surface area contributed by atoms with Gasteiger partial charge in [-0.3, -0.25) is 4.90 Å². The van der Waals surface area contributed by atoms with Gasteiger partial charge in [0.05, 0.1) is 6.54 Å². The van der Waals surface area contributed by atoms with Crippen molar-refractivity contribution in [3.8, 4) is 0 Å². The molecule has 0 bridgehead atoms. The first-order chi connectivity index (χ1) is 9.85. The second-order valence-corrected chi connectivity index (χ2v) is 5.31. The zero-order valence-corrected chi connectivity index (χ0v) is 11.5. The Morgan fingerprint density at radius 1 is 1.20 bits per heavy atom. The minimum absolute atomic E-state index is 0.532. The first kappa shape index (κ1) is 13.3. The molecule has 1 aliphatic carbocycles. The summed E-state index contributed by atoms with van der Waals surface area (Å²) in [5, 5.41) is 4.05. The van der Waals surface area contributed by atoms with Gasteiger partial charge in [0.25, 0.3) is 0 Å². The molecule has 0 spiro atoms. The Hall–Kier alpha value is -1.72. The smallest absolute Gasteiger partial charge is 0.240 e. The zero-order valence-electron chi connectivity index (χ0n) is 11.5. The third-order valence-electron chi connectivity index (χ3n) is 3.48. The minimum atomic E-state index is 0.532. The molecular formula is C15H20N4O. The van der Waals surface area contributed by atoms with Crippen LogP contribution in [0.2, 0.25) is 0 Å². The van der Waals surface area contributed by atoms with Gasteiger partial charge in [-0.25, -0.2) is 0 Å². The molecule has 20 heavy (non-hydrogen) atoms. The largest absolute Gasteiger partial charge is 0.338 e. The summed E-state index contributed by atoms with van der Waals surface area (Å²) in [5.74, 6) is 2.09. The Balaban J connectivity index is 1.63. The van der Waals surface area contributed by atoms with Crippen molar-refractivity contribution in [2.75, 3.05) is 13.1 Å². The molecule has 2 N–H and O–H groups in total. The zero-order chi connectivity index (χ0) is 13.8. The van der Waals surface area contributed by atoms with Gasteiger partial charge in [0.1, 0.15) is 0 Å². The molecule has 0 atom stereocenters. The highest BCUT2D eigenvalue weighted by Gasteiger charge is 2.28. The maximum absolute atomic E-state index is 5.69. The lowest BCUT2D eigenvalue weighted by atomic mass is 10.2. The van der Waals surface area contributed by atoms with E-state index in [1.807, 2.05) is 18.2 Å². The summed E-state index contributed by atoms with van der Waals surface area (Å²) in [4.78, 5) is 6.71. The number of nitrogens with two attached hydrogens (primary N) is 1. The lowest BCUT2D eigenvalue weighted by Crippen LogP contribution is -2.28. The summed E-state index contributed by atoms with van der Waals surface area (Å²) >= 11 is 0. The summed E-state index contributed by atoms with van der Waals surface area (Å²) < 4.78 is 5.34. The number of benzene rings is 1. The van der Waals surface area contributed by atoms with Crippen LogP contribution in [-0.4, -0.2) is 28.1 Å². The van der Waals surface area contributed by atoms with E-state index >= 15 is 0 Å². The molecule has 5 heteroatoms. The maximum Gasteiger partial charge on any atom is 0.240 e. The Kier molecular flexibility index (Phi) is 4.08. The normalized spacial score (nSPS) is 14.9. The van der Waals surface area contributed by atoms with E-state index in [0.29, 0.717) is 24.9 Å². The van der Waals surface area contributed by atoms with Gasteiger partial charge in [0, 0.05) is 25.6 Å². The van der Waals surface area contributed by atoms with Crippen LogP contribution in [0.25, 0.3) is 0 Å². The molecule has 0 unspecified atom stereocenters. The predicted molar refractivity (Wildman–Crippen MR) is 75.9 cm³/mol. The maximum atomic E-state index is 5.69. The molecule has 0 radical (unpaired) electrons. The number of hydrogen-bond donors (Lipinski definition) is 1. The molecule has 2 aromatic rings. The minimum Gasteiger partial charge on any atom is -0.338 e. The van der Waals surface area contributed by atoms with Crippen LogP contribution in [0.5, 0.6) is 0 Å². The molecule has 1 aliphatic rings. The van der Waals surface area contributed by atoms with E-state index < -0.39 is 0 Å². The van der Waals surface area contributed by atoms with Crippen LogP contribution in [-0.2, 0) is 13.1 Å². The number of hydrogen-bond acceptors (Lipinski definition) is 5. The third kappa shape index (κ3) is 3.43. The summed E-state index contributed by atoms with van der Waals surface area (Å²) in [6.07, 6.45) is 2.38. The molecule has 1 aromatic heterocycles. The van der Waals surface area contributed by atoms with Crippen LogP contribution in [0.15, 0.2) is 34.9 Å². The average molecular weight is 272 g/mol. The van der Waals surface area contributed by atoms with Crippen LogP contribution in [0, 0.1) is 0 Å². The van der Waals surface area contributed by atoms with Crippen molar-refractivity contribution in [1.82, 2.24) is 15.0 Å². The van der Waals surface area contributed by atoms with Crippen molar-refractivity contribution in [3.63, 3.8) is 0 Å². The Bertz CT molecular complexity index is 536. The van der Waals surface area contributed by atoms with Crippen molar-refractivity contribution in [1.29, 1.82) is 0 Å². The standard InChI is InChI=1S/C15H20N4O/c16-8-9-19(10-12-4-2-1-3-5-12)11-14-17-15(18-20-14)13-6-7-13/h1-5,13H,6-11,16H2. The number of rotatable bonds is 7. The topological polar surface area (TPSA) is 68.2 Å². The monoisotopic (exact) mass is 272 g/mol. The van der Waals surface area contributed by atoms with E-state index in [2.05, 4.69) is 27.2 Å². The molecule has 0 aliphatic heterocycles. The quantitative estimate of drug-likeness (QED) is 0.834. The van der Waals surface area contributed by atoms with Crippen molar-refractivity contribution in [2.24, 2.45) is 5.73 Å². The Labute approximate surface area is 118 Å². The Morgan fingerprint density at radius 3 is 2.70 bits per heavy atom. The van der Waals surface area contributed by atoms with Crippen LogP contribution < -0.4 is 5.73 Å². The van der Waals surface area contributed by atoms with Gasteiger partial charge >= 0.3 is 0 Å². The fourth-order valence-electron chi connectivity index (χ4n) is 2.27. The molecule has 1 saturated carbocycles. The van der Waals surface area contributed by atoms with E-state index in [1.54, 1.807) is 0 Å². The van der Waals surface area contributed by atoms with Gasteiger partial charge in [-0.05, 0) is 18.4 Å². The van der Waals surface area contributed by atoms with Gasteiger partial charge < -0.3 is 10.3 Å². The van der Waals surface area contributed by atoms with Crippen molar-refractivity contribution >= 4 is 0 Å². The highest BCUT2D eigenvalue weighted by atomic mass is 16.5. The highest BCUT2D eigenvalue weighted by Crippen LogP contribution is 2.38. The van der Waals surface area contributed by atoms with Gasteiger partial charge in [0.2, 0.25) is 5.89 Å². The van der Waals surface area contributed by atoms with Gasteiger partial charge in [-0.15, -0.1) is 0 Å². The first-order valence-corrected chi connectivity index (χ1v) is 7.14. The lowest BCUT2D eigenvalue weighted by molar-refractivity contribution is 0.224. The molecule has 0 amide bonds. The van der Waals surface area contributed by atoms with Gasteiger partial charge in [0.15, 0.2) is 5.82 Å². The number of nitrogens with zero attached hydrogens (tertiary/aromatic N) is 3. The molecule has 3 rings (SSSR count). The summed E-state index contributed by atoms with van der Waals surface area (Å²) in [6.45, 7) is 2.94. The lowest BCUT2D eigenvalue weighted by Gasteiger charge is -2.19. The summed E-state index contributed by atoms with van der Waals surface area (Å²) in [7, 11) is 0. The SMILES string of the molecule is NCCN(Cc1ccccc1)Cc1nc(C2CC2)no1. The van der Waals surface area contributed by atoms with Crippen LogP contribution in [0.4, 0.5) is 0 Å². The van der Waals surface area contributed by atoms with Crippen LogP contribution in [0.1, 0.15) is 36.0 Å². The second-order valence-electron chi connectivity index (χ2n) is 5.31. The fraction of sp³-hybridized carbons (Fsp3) is 0.467. The molecule has 106 valence electrons. The first-order valence-electron chi connectivity index (χ1n) is 7.14. The molecule has 1 fully saturated rings. The fourth-order valence-corrected chi connectivity index (χ4v) is 2.27. The van der Waals surface area contributed by atoms with Gasteiger partial charge in [-0.2, -0.15) is 4.98 Å². The molecule has 1 aromatic carbocycles. The predicted octanol–water partition coefficient (Wildman–Crippen LogP) is 1.91. The summed E-state index contributed by atoms with van der Waals surface area (Å²) in [6, 6.07) is 10.4. The molecule has 5 nitrogen and oxygen atoms in total. The van der Waals surface area contributed by atoms with E-state index in [0.717, 1.165) is 18.9 Å².